The predicted octanol–water partition coefficient (Wildman–Crippen LogP) is 2.17. The van der Waals surface area contributed by atoms with Crippen LogP contribution in [0, 0.1) is 0 Å². The van der Waals surface area contributed by atoms with Crippen LogP contribution in [0.4, 0.5) is 0 Å². The molecule has 104 valence electrons. The quantitative estimate of drug-likeness (QED) is 0.874. The minimum atomic E-state index is 0.150. The van der Waals surface area contributed by atoms with Gasteiger partial charge in [0.15, 0.2) is 5.78 Å². The van der Waals surface area contributed by atoms with Crippen LogP contribution in [0.1, 0.15) is 30.2 Å². The maximum Gasteiger partial charge on any atom is 0.158 e. The number of hydrogen-bond donors (Lipinski definition) is 2. The third-order valence-electron chi connectivity index (χ3n) is 3.50. The molecule has 2 heterocycles. The number of H-pyrrole nitrogens is 1. The Balaban J connectivity index is 1.57. The average molecular weight is 271 g/mol. The monoisotopic (exact) mass is 271 g/mol. The first-order valence-electron chi connectivity index (χ1n) is 6.79. The Labute approximate surface area is 117 Å². The molecule has 3 rings (SSSR count). The first-order valence-corrected chi connectivity index (χ1v) is 6.79. The molecule has 0 saturated heterocycles. The molecule has 0 saturated carbocycles. The van der Waals surface area contributed by atoms with E-state index in [0.717, 1.165) is 36.5 Å². The van der Waals surface area contributed by atoms with Gasteiger partial charge in [-0.05, 0) is 18.6 Å². The SMILES string of the molecule is O=C1C=C(NCCc2cnc[nH]2)C[C@H](c2ccco2)C1. The van der Waals surface area contributed by atoms with Gasteiger partial charge in [0.25, 0.3) is 0 Å². The molecule has 5 heteroatoms. The van der Waals surface area contributed by atoms with E-state index in [1.807, 2.05) is 18.3 Å². The van der Waals surface area contributed by atoms with Crippen molar-refractivity contribution >= 4 is 5.78 Å². The number of imidazole rings is 1. The molecule has 1 atom stereocenters. The zero-order chi connectivity index (χ0) is 13.8. The Morgan fingerprint density at radius 1 is 1.45 bits per heavy atom. The number of rotatable bonds is 5. The van der Waals surface area contributed by atoms with E-state index in [0.29, 0.717) is 6.42 Å². The van der Waals surface area contributed by atoms with Crippen molar-refractivity contribution in [1.29, 1.82) is 0 Å². The van der Waals surface area contributed by atoms with Gasteiger partial charge in [-0.1, -0.05) is 0 Å². The number of aromatic amines is 1. The number of ketones is 1. The van der Waals surface area contributed by atoms with E-state index in [1.54, 1.807) is 18.7 Å². The lowest BCUT2D eigenvalue weighted by Gasteiger charge is -2.21. The topological polar surface area (TPSA) is 70.9 Å². The molecule has 0 spiro atoms. The summed E-state index contributed by atoms with van der Waals surface area (Å²) < 4.78 is 5.41. The summed E-state index contributed by atoms with van der Waals surface area (Å²) in [6.07, 6.45) is 9.06. The fraction of sp³-hybridized carbons (Fsp3) is 0.333. The molecule has 0 unspecified atom stereocenters. The van der Waals surface area contributed by atoms with Crippen molar-refractivity contribution in [3.8, 4) is 0 Å². The summed E-state index contributed by atoms with van der Waals surface area (Å²) in [6.45, 7) is 0.784. The van der Waals surface area contributed by atoms with Crippen molar-refractivity contribution in [3.05, 3.63) is 54.1 Å². The van der Waals surface area contributed by atoms with Crippen molar-refractivity contribution in [1.82, 2.24) is 15.3 Å². The number of carbonyl (C=O) groups is 1. The fourth-order valence-electron chi connectivity index (χ4n) is 2.52. The molecule has 5 nitrogen and oxygen atoms in total. The van der Waals surface area contributed by atoms with Gasteiger partial charge in [-0.2, -0.15) is 0 Å². The lowest BCUT2D eigenvalue weighted by Crippen LogP contribution is -2.23. The molecular formula is C15H17N3O2. The number of nitrogens with zero attached hydrogens (tertiary/aromatic N) is 1. The molecule has 0 aromatic carbocycles. The molecule has 0 amide bonds. The van der Waals surface area contributed by atoms with E-state index in [2.05, 4.69) is 15.3 Å². The average Bonchev–Trinajstić information content (AvgIpc) is 3.11. The van der Waals surface area contributed by atoms with E-state index in [4.69, 9.17) is 4.42 Å². The molecule has 20 heavy (non-hydrogen) atoms. The molecule has 1 aliphatic carbocycles. The van der Waals surface area contributed by atoms with Crippen molar-refractivity contribution in [2.75, 3.05) is 6.54 Å². The highest BCUT2D eigenvalue weighted by molar-refractivity contribution is 5.91. The zero-order valence-corrected chi connectivity index (χ0v) is 11.1. The second kappa shape index (κ2) is 5.77. The van der Waals surface area contributed by atoms with Gasteiger partial charge in [0.05, 0.1) is 12.6 Å². The van der Waals surface area contributed by atoms with Gasteiger partial charge >= 0.3 is 0 Å². The summed E-state index contributed by atoms with van der Waals surface area (Å²) in [6, 6.07) is 3.80. The number of hydrogen-bond acceptors (Lipinski definition) is 4. The van der Waals surface area contributed by atoms with E-state index >= 15 is 0 Å². The van der Waals surface area contributed by atoms with Gasteiger partial charge in [0, 0.05) is 49.0 Å². The van der Waals surface area contributed by atoms with Crippen molar-refractivity contribution in [2.24, 2.45) is 0 Å². The standard InChI is InChI=1S/C15H17N3O2/c19-14-7-11(15-2-1-5-20-15)6-13(8-14)17-4-3-12-9-16-10-18-12/h1-2,5,8-11,17H,3-4,6-7H2,(H,16,18)/t11-/m0/s1. The Kier molecular flexibility index (Phi) is 3.67. The number of carbonyl (C=O) groups excluding carboxylic acids is 1. The summed E-state index contributed by atoms with van der Waals surface area (Å²) in [5, 5.41) is 3.33. The van der Waals surface area contributed by atoms with Crippen molar-refractivity contribution in [3.63, 3.8) is 0 Å². The molecule has 0 bridgehead atoms. The number of nitrogens with one attached hydrogen (secondary N) is 2. The minimum Gasteiger partial charge on any atom is -0.469 e. The largest absolute Gasteiger partial charge is 0.469 e. The molecule has 0 fully saturated rings. The van der Waals surface area contributed by atoms with Gasteiger partial charge in [-0.3, -0.25) is 4.79 Å². The molecule has 0 radical (unpaired) electrons. The summed E-state index contributed by atoms with van der Waals surface area (Å²) >= 11 is 0. The summed E-state index contributed by atoms with van der Waals surface area (Å²) in [5.41, 5.74) is 2.07. The molecule has 0 aliphatic heterocycles. The highest BCUT2D eigenvalue weighted by atomic mass is 16.3. The Morgan fingerprint density at radius 2 is 2.40 bits per heavy atom. The summed E-state index contributed by atoms with van der Waals surface area (Å²) in [5.74, 6) is 1.19. The highest BCUT2D eigenvalue weighted by Crippen LogP contribution is 2.30. The third-order valence-corrected chi connectivity index (χ3v) is 3.50. The Hall–Kier alpha value is -2.30. The zero-order valence-electron chi connectivity index (χ0n) is 11.1. The van der Waals surface area contributed by atoms with E-state index in [9.17, 15) is 4.79 Å². The van der Waals surface area contributed by atoms with Crippen LogP contribution in [0.25, 0.3) is 0 Å². The maximum absolute atomic E-state index is 11.8. The minimum absolute atomic E-state index is 0.150. The lowest BCUT2D eigenvalue weighted by molar-refractivity contribution is -0.115. The lowest BCUT2D eigenvalue weighted by atomic mass is 9.89. The van der Waals surface area contributed by atoms with Crippen molar-refractivity contribution in [2.45, 2.75) is 25.2 Å². The molecule has 2 aromatic heterocycles. The smallest absolute Gasteiger partial charge is 0.158 e. The molecular weight excluding hydrogens is 254 g/mol. The van der Waals surface area contributed by atoms with Crippen LogP contribution in [0.5, 0.6) is 0 Å². The van der Waals surface area contributed by atoms with Crippen LogP contribution in [-0.4, -0.2) is 22.3 Å². The second-order valence-electron chi connectivity index (χ2n) is 5.01. The van der Waals surface area contributed by atoms with Crippen LogP contribution < -0.4 is 5.32 Å². The van der Waals surface area contributed by atoms with Crippen LogP contribution in [-0.2, 0) is 11.2 Å². The highest BCUT2D eigenvalue weighted by Gasteiger charge is 2.23. The van der Waals surface area contributed by atoms with Gasteiger partial charge in [0.2, 0.25) is 0 Å². The number of furan rings is 1. The van der Waals surface area contributed by atoms with Crippen LogP contribution in [0.2, 0.25) is 0 Å². The van der Waals surface area contributed by atoms with Gasteiger partial charge in [-0.15, -0.1) is 0 Å². The predicted molar refractivity (Wildman–Crippen MR) is 74.1 cm³/mol. The van der Waals surface area contributed by atoms with Gasteiger partial charge in [0.1, 0.15) is 5.76 Å². The van der Waals surface area contributed by atoms with Gasteiger partial charge < -0.3 is 14.7 Å². The number of aromatic nitrogens is 2. The van der Waals surface area contributed by atoms with E-state index in [1.165, 1.54) is 0 Å². The summed E-state index contributed by atoms with van der Waals surface area (Å²) in [4.78, 5) is 18.8. The Morgan fingerprint density at radius 3 is 3.15 bits per heavy atom. The number of allylic oxidation sites excluding steroid dienone is 2. The van der Waals surface area contributed by atoms with Crippen molar-refractivity contribution < 1.29 is 9.21 Å². The maximum atomic E-state index is 11.8. The summed E-state index contributed by atoms with van der Waals surface area (Å²) in [7, 11) is 0. The second-order valence-corrected chi connectivity index (χ2v) is 5.01. The third kappa shape index (κ3) is 2.99. The Bertz CT molecular complexity index is 585. The van der Waals surface area contributed by atoms with Crippen LogP contribution >= 0.6 is 0 Å². The normalized spacial score (nSPS) is 18.9. The van der Waals surface area contributed by atoms with E-state index in [-0.39, 0.29) is 11.7 Å². The first-order chi connectivity index (χ1) is 9.81. The first kappa shape index (κ1) is 12.7. The van der Waals surface area contributed by atoms with Crippen LogP contribution in [0.15, 0.2) is 47.1 Å². The molecule has 1 aliphatic rings. The fourth-order valence-corrected chi connectivity index (χ4v) is 2.52. The van der Waals surface area contributed by atoms with E-state index < -0.39 is 0 Å². The van der Waals surface area contributed by atoms with Crippen LogP contribution in [0.3, 0.4) is 0 Å². The van der Waals surface area contributed by atoms with Gasteiger partial charge in [-0.25, -0.2) is 4.98 Å². The molecule has 2 aromatic rings. The molecule has 2 N–H and O–H groups in total.